The largest absolute Gasteiger partial charge is 0.365 e. The molecule has 0 radical (unpaired) electrons. The van der Waals surface area contributed by atoms with Crippen LogP contribution in [0.3, 0.4) is 0 Å². The van der Waals surface area contributed by atoms with E-state index in [0.717, 1.165) is 35.2 Å². The smallest absolute Gasteiger partial charge is 0.275 e. The van der Waals surface area contributed by atoms with E-state index in [9.17, 15) is 4.79 Å². The minimum Gasteiger partial charge on any atom is -0.365 e. The molecule has 0 spiro atoms. The van der Waals surface area contributed by atoms with E-state index in [-0.39, 0.29) is 11.6 Å². The number of anilines is 2. The molecule has 0 fully saturated rings. The molecule has 2 aromatic heterocycles. The first kappa shape index (κ1) is 18.5. The summed E-state index contributed by atoms with van der Waals surface area (Å²) >= 11 is 0. The molecule has 3 aromatic rings. The summed E-state index contributed by atoms with van der Waals surface area (Å²) in [5.41, 5.74) is 4.50. The van der Waals surface area contributed by atoms with Gasteiger partial charge in [0.15, 0.2) is 0 Å². The molecular weight excluding hydrogens is 338 g/mol. The predicted octanol–water partition coefficient (Wildman–Crippen LogP) is 3.86. The summed E-state index contributed by atoms with van der Waals surface area (Å²) in [6.45, 7) is 4.77. The van der Waals surface area contributed by atoms with Gasteiger partial charge in [-0.15, -0.1) is 0 Å². The zero-order valence-electron chi connectivity index (χ0n) is 15.6. The lowest BCUT2D eigenvalue weighted by Crippen LogP contribution is -2.17. The van der Waals surface area contributed by atoms with Gasteiger partial charge in [0.05, 0.1) is 12.4 Å². The van der Waals surface area contributed by atoms with Crippen molar-refractivity contribution in [3.8, 4) is 0 Å². The molecule has 0 saturated heterocycles. The van der Waals surface area contributed by atoms with Gasteiger partial charge in [-0.05, 0) is 41.7 Å². The first-order valence-electron chi connectivity index (χ1n) is 9.08. The van der Waals surface area contributed by atoms with Crippen LogP contribution in [0.15, 0.2) is 55.1 Å². The fourth-order valence-corrected chi connectivity index (χ4v) is 2.81. The third-order valence-electron chi connectivity index (χ3n) is 4.34. The number of hydrogen-bond donors (Lipinski definition) is 2. The SMILES string of the molecule is CCc1cccc(CC)c1NC(=O)c1cnc(NCc2ccncc2)cn1. The fourth-order valence-electron chi connectivity index (χ4n) is 2.81. The lowest BCUT2D eigenvalue weighted by atomic mass is 10.0. The van der Waals surface area contributed by atoms with Gasteiger partial charge in [0.25, 0.3) is 5.91 Å². The molecule has 0 aliphatic rings. The molecule has 3 rings (SSSR count). The topological polar surface area (TPSA) is 79.8 Å². The third-order valence-corrected chi connectivity index (χ3v) is 4.34. The molecule has 0 bridgehead atoms. The molecule has 0 saturated carbocycles. The Bertz CT molecular complexity index is 872. The second kappa shape index (κ2) is 8.89. The molecule has 6 heteroatoms. The van der Waals surface area contributed by atoms with Crippen LogP contribution in [0.1, 0.15) is 41.0 Å². The summed E-state index contributed by atoms with van der Waals surface area (Å²) in [5.74, 6) is 0.366. The summed E-state index contributed by atoms with van der Waals surface area (Å²) in [4.78, 5) is 25.1. The molecule has 0 aliphatic carbocycles. The quantitative estimate of drug-likeness (QED) is 0.668. The van der Waals surface area contributed by atoms with Crippen molar-refractivity contribution in [2.24, 2.45) is 0 Å². The number of carbonyl (C=O) groups excluding carboxylic acids is 1. The molecule has 1 aromatic carbocycles. The Labute approximate surface area is 159 Å². The number of pyridine rings is 1. The first-order valence-corrected chi connectivity index (χ1v) is 9.08. The van der Waals surface area contributed by atoms with E-state index in [1.165, 1.54) is 6.20 Å². The van der Waals surface area contributed by atoms with Crippen molar-refractivity contribution < 1.29 is 4.79 Å². The molecule has 0 atom stereocenters. The first-order chi connectivity index (χ1) is 13.2. The van der Waals surface area contributed by atoms with Crippen molar-refractivity contribution in [2.75, 3.05) is 10.6 Å². The van der Waals surface area contributed by atoms with Gasteiger partial charge >= 0.3 is 0 Å². The van der Waals surface area contributed by atoms with Crippen LogP contribution in [0.2, 0.25) is 0 Å². The van der Waals surface area contributed by atoms with Crippen molar-refractivity contribution in [3.63, 3.8) is 0 Å². The van der Waals surface area contributed by atoms with Gasteiger partial charge in [-0.2, -0.15) is 0 Å². The van der Waals surface area contributed by atoms with Crippen molar-refractivity contribution in [1.29, 1.82) is 0 Å². The number of rotatable bonds is 7. The van der Waals surface area contributed by atoms with Crippen molar-refractivity contribution >= 4 is 17.4 Å². The lowest BCUT2D eigenvalue weighted by molar-refractivity contribution is 0.102. The Morgan fingerprint density at radius 2 is 1.67 bits per heavy atom. The molecule has 0 unspecified atom stereocenters. The van der Waals surface area contributed by atoms with Crippen LogP contribution in [0.5, 0.6) is 0 Å². The Hall–Kier alpha value is -3.28. The highest BCUT2D eigenvalue weighted by Crippen LogP contribution is 2.23. The highest BCUT2D eigenvalue weighted by molar-refractivity contribution is 6.03. The van der Waals surface area contributed by atoms with Gasteiger partial charge < -0.3 is 10.6 Å². The van der Waals surface area contributed by atoms with Crippen molar-refractivity contribution in [1.82, 2.24) is 15.0 Å². The van der Waals surface area contributed by atoms with Crippen molar-refractivity contribution in [3.05, 3.63) is 77.5 Å². The average Bonchev–Trinajstić information content (AvgIpc) is 2.73. The van der Waals surface area contributed by atoms with E-state index in [0.29, 0.717) is 12.4 Å². The Morgan fingerprint density at radius 3 is 2.26 bits per heavy atom. The van der Waals surface area contributed by atoms with Gasteiger partial charge in [-0.3, -0.25) is 9.78 Å². The number of aryl methyl sites for hydroxylation is 2. The zero-order chi connectivity index (χ0) is 19.1. The molecular formula is C21H23N5O. The van der Waals surface area contributed by atoms with E-state index in [1.807, 2.05) is 30.3 Å². The molecule has 2 N–H and O–H groups in total. The minimum atomic E-state index is -0.251. The van der Waals surface area contributed by atoms with Crippen LogP contribution in [-0.4, -0.2) is 20.9 Å². The number of nitrogens with zero attached hydrogens (tertiary/aromatic N) is 3. The van der Waals surface area contributed by atoms with Gasteiger partial charge in [0.1, 0.15) is 11.5 Å². The predicted molar refractivity (Wildman–Crippen MR) is 107 cm³/mol. The summed E-state index contributed by atoms with van der Waals surface area (Å²) in [6, 6.07) is 9.95. The Balaban J connectivity index is 1.68. The van der Waals surface area contributed by atoms with Gasteiger partial charge in [-0.25, -0.2) is 9.97 Å². The molecule has 27 heavy (non-hydrogen) atoms. The average molecular weight is 361 g/mol. The number of carbonyl (C=O) groups is 1. The second-order valence-electron chi connectivity index (χ2n) is 6.11. The number of aromatic nitrogens is 3. The van der Waals surface area contributed by atoms with E-state index in [2.05, 4.69) is 39.4 Å². The lowest BCUT2D eigenvalue weighted by Gasteiger charge is -2.14. The van der Waals surface area contributed by atoms with Crippen LogP contribution < -0.4 is 10.6 Å². The Kier molecular flexibility index (Phi) is 6.10. The summed E-state index contributed by atoms with van der Waals surface area (Å²) in [7, 11) is 0. The minimum absolute atomic E-state index is 0.251. The summed E-state index contributed by atoms with van der Waals surface area (Å²) < 4.78 is 0. The van der Waals surface area contributed by atoms with Gasteiger partial charge in [0, 0.05) is 24.6 Å². The van der Waals surface area contributed by atoms with Gasteiger partial charge in [0.2, 0.25) is 0 Å². The molecule has 138 valence electrons. The third kappa shape index (κ3) is 4.67. The molecule has 0 aliphatic heterocycles. The number of hydrogen-bond acceptors (Lipinski definition) is 5. The van der Waals surface area contributed by atoms with Crippen molar-refractivity contribution in [2.45, 2.75) is 33.2 Å². The van der Waals surface area contributed by atoms with Crippen LogP contribution in [0.4, 0.5) is 11.5 Å². The molecule has 2 heterocycles. The standard InChI is InChI=1S/C21H23N5O/c1-3-16-6-5-7-17(4-2)20(16)26-21(27)18-13-25-19(14-23-18)24-12-15-8-10-22-11-9-15/h5-11,13-14H,3-4,12H2,1-2H3,(H,24,25)(H,26,27). The number of para-hydroxylation sites is 1. The van der Waals surface area contributed by atoms with Crippen LogP contribution >= 0.6 is 0 Å². The van der Waals surface area contributed by atoms with Crippen LogP contribution in [0, 0.1) is 0 Å². The second-order valence-corrected chi connectivity index (χ2v) is 6.11. The van der Waals surface area contributed by atoms with Crippen LogP contribution in [-0.2, 0) is 19.4 Å². The number of nitrogens with one attached hydrogen (secondary N) is 2. The summed E-state index contributed by atoms with van der Waals surface area (Å²) in [6.07, 6.45) is 8.26. The monoisotopic (exact) mass is 361 g/mol. The molecule has 6 nitrogen and oxygen atoms in total. The van der Waals surface area contributed by atoms with E-state index in [1.54, 1.807) is 18.6 Å². The maximum absolute atomic E-state index is 12.6. The number of benzene rings is 1. The van der Waals surface area contributed by atoms with Gasteiger partial charge in [-0.1, -0.05) is 32.0 Å². The molecule has 1 amide bonds. The maximum atomic E-state index is 12.6. The zero-order valence-corrected chi connectivity index (χ0v) is 15.6. The normalized spacial score (nSPS) is 10.4. The van der Waals surface area contributed by atoms with Crippen LogP contribution in [0.25, 0.3) is 0 Å². The maximum Gasteiger partial charge on any atom is 0.275 e. The number of amides is 1. The van der Waals surface area contributed by atoms with E-state index < -0.39 is 0 Å². The summed E-state index contributed by atoms with van der Waals surface area (Å²) in [5, 5.41) is 6.19. The highest BCUT2D eigenvalue weighted by Gasteiger charge is 2.13. The highest BCUT2D eigenvalue weighted by atomic mass is 16.1. The van der Waals surface area contributed by atoms with E-state index in [4.69, 9.17) is 0 Å². The fraction of sp³-hybridized carbons (Fsp3) is 0.238. The van der Waals surface area contributed by atoms with E-state index >= 15 is 0 Å². The Morgan fingerprint density at radius 1 is 0.963 bits per heavy atom.